The summed E-state index contributed by atoms with van der Waals surface area (Å²) < 4.78 is 41.8. The maximum Gasteiger partial charge on any atom is 0.326 e. The van der Waals surface area contributed by atoms with Crippen LogP contribution in [-0.4, -0.2) is 51.5 Å². The van der Waals surface area contributed by atoms with Gasteiger partial charge in [-0.25, -0.2) is 8.70 Å². The van der Waals surface area contributed by atoms with Crippen molar-refractivity contribution in [2.75, 3.05) is 41.8 Å². The van der Waals surface area contributed by atoms with Gasteiger partial charge in [0.1, 0.15) is 5.82 Å². The number of anilines is 2. The number of benzene rings is 2. The van der Waals surface area contributed by atoms with E-state index >= 15 is 0 Å². The Labute approximate surface area is 175 Å². The van der Waals surface area contributed by atoms with Crippen LogP contribution in [0.4, 0.5) is 15.8 Å². The summed E-state index contributed by atoms with van der Waals surface area (Å²) in [6, 6.07) is 12.2. The first-order chi connectivity index (χ1) is 14.4. The molecule has 2 aromatic carbocycles. The highest BCUT2D eigenvalue weighted by Crippen LogP contribution is 2.39. The average molecular weight is 427 g/mol. The van der Waals surface area contributed by atoms with Gasteiger partial charge in [0.25, 0.3) is 0 Å². The number of aromatic nitrogens is 1. The summed E-state index contributed by atoms with van der Waals surface area (Å²) >= 11 is 0. The van der Waals surface area contributed by atoms with E-state index in [0.717, 1.165) is 41.7 Å². The lowest BCUT2D eigenvalue weighted by Crippen LogP contribution is -2.41. The van der Waals surface area contributed by atoms with E-state index in [1.165, 1.54) is 26.3 Å². The molecule has 156 valence electrons. The van der Waals surface area contributed by atoms with Gasteiger partial charge >= 0.3 is 10.2 Å². The molecule has 0 aliphatic carbocycles. The fourth-order valence-corrected chi connectivity index (χ4v) is 5.74. The SMILES string of the molecule is CN1c2ccccc2N(CCN2CC=C(c3c[nH]c4cc(F)ccc34)CC2)S1(=O)=O. The van der Waals surface area contributed by atoms with E-state index in [9.17, 15) is 12.8 Å². The Hall–Kier alpha value is -2.84. The first-order valence-electron chi connectivity index (χ1n) is 9.99. The molecule has 0 bridgehead atoms. The van der Waals surface area contributed by atoms with Crippen molar-refractivity contribution in [1.82, 2.24) is 9.88 Å². The molecule has 3 heterocycles. The minimum Gasteiger partial charge on any atom is -0.360 e. The number of para-hydroxylation sites is 2. The van der Waals surface area contributed by atoms with Gasteiger partial charge in [-0.2, -0.15) is 8.42 Å². The Morgan fingerprint density at radius 2 is 1.90 bits per heavy atom. The summed E-state index contributed by atoms with van der Waals surface area (Å²) in [6.07, 6.45) is 5.00. The van der Waals surface area contributed by atoms with Crippen LogP contribution in [0, 0.1) is 5.82 Å². The van der Waals surface area contributed by atoms with Crippen molar-refractivity contribution in [2.24, 2.45) is 0 Å². The molecule has 0 amide bonds. The molecular formula is C22H23FN4O2S. The second-order valence-corrected chi connectivity index (χ2v) is 9.59. The van der Waals surface area contributed by atoms with Crippen LogP contribution >= 0.6 is 0 Å². The largest absolute Gasteiger partial charge is 0.360 e. The maximum absolute atomic E-state index is 13.4. The first kappa shape index (κ1) is 19.1. The quantitative estimate of drug-likeness (QED) is 0.694. The molecule has 0 fully saturated rings. The molecule has 2 aliphatic rings. The summed E-state index contributed by atoms with van der Waals surface area (Å²) in [5, 5.41) is 1.03. The van der Waals surface area contributed by atoms with Gasteiger partial charge < -0.3 is 4.98 Å². The molecular weight excluding hydrogens is 403 g/mol. The minimum absolute atomic E-state index is 0.246. The number of hydrogen-bond acceptors (Lipinski definition) is 3. The molecule has 0 spiro atoms. The number of H-pyrrole nitrogens is 1. The molecule has 0 saturated carbocycles. The smallest absolute Gasteiger partial charge is 0.326 e. The third-order valence-electron chi connectivity index (χ3n) is 6.02. The Bertz CT molecular complexity index is 1250. The number of nitrogens with one attached hydrogen (secondary N) is 1. The van der Waals surface area contributed by atoms with Crippen LogP contribution in [0.3, 0.4) is 0 Å². The second kappa shape index (κ2) is 7.14. The highest BCUT2D eigenvalue weighted by atomic mass is 32.2. The molecule has 5 rings (SSSR count). The normalized spacial score (nSPS) is 18.7. The van der Waals surface area contributed by atoms with Crippen molar-refractivity contribution < 1.29 is 12.8 Å². The Morgan fingerprint density at radius 1 is 1.10 bits per heavy atom. The van der Waals surface area contributed by atoms with Crippen LogP contribution in [0.5, 0.6) is 0 Å². The topological polar surface area (TPSA) is 59.6 Å². The Balaban J connectivity index is 1.29. The molecule has 0 atom stereocenters. The van der Waals surface area contributed by atoms with Crippen molar-refractivity contribution in [1.29, 1.82) is 0 Å². The minimum atomic E-state index is -3.51. The van der Waals surface area contributed by atoms with Crippen LogP contribution < -0.4 is 8.61 Å². The summed E-state index contributed by atoms with van der Waals surface area (Å²) in [6.45, 7) is 2.68. The van der Waals surface area contributed by atoms with Gasteiger partial charge in [-0.05, 0) is 42.3 Å². The molecule has 8 heteroatoms. The van der Waals surface area contributed by atoms with Crippen molar-refractivity contribution in [2.45, 2.75) is 6.42 Å². The predicted octanol–water partition coefficient (Wildman–Crippen LogP) is 3.60. The molecule has 2 aliphatic heterocycles. The molecule has 3 aromatic rings. The number of aromatic amines is 1. The van der Waals surface area contributed by atoms with E-state index in [1.807, 2.05) is 36.5 Å². The summed E-state index contributed by atoms with van der Waals surface area (Å²) in [5.74, 6) is -0.246. The summed E-state index contributed by atoms with van der Waals surface area (Å²) in [5.41, 5.74) is 4.61. The Kier molecular flexibility index (Phi) is 4.56. The van der Waals surface area contributed by atoms with Crippen molar-refractivity contribution in [3.05, 3.63) is 66.1 Å². The van der Waals surface area contributed by atoms with E-state index in [2.05, 4.69) is 16.0 Å². The zero-order valence-electron chi connectivity index (χ0n) is 16.7. The lowest BCUT2D eigenvalue weighted by molar-refractivity contribution is 0.311. The van der Waals surface area contributed by atoms with Crippen molar-refractivity contribution in [3.63, 3.8) is 0 Å². The van der Waals surface area contributed by atoms with Crippen LogP contribution in [0.1, 0.15) is 12.0 Å². The molecule has 6 nitrogen and oxygen atoms in total. The van der Waals surface area contributed by atoms with Crippen LogP contribution in [-0.2, 0) is 10.2 Å². The van der Waals surface area contributed by atoms with E-state index in [-0.39, 0.29) is 5.82 Å². The van der Waals surface area contributed by atoms with E-state index in [1.54, 1.807) is 7.05 Å². The fourth-order valence-electron chi connectivity index (χ4n) is 4.33. The van der Waals surface area contributed by atoms with Crippen LogP contribution in [0.2, 0.25) is 0 Å². The number of nitrogens with zero attached hydrogens (tertiary/aromatic N) is 3. The van der Waals surface area contributed by atoms with Gasteiger partial charge in [-0.15, -0.1) is 0 Å². The van der Waals surface area contributed by atoms with E-state index in [4.69, 9.17) is 0 Å². The predicted molar refractivity (Wildman–Crippen MR) is 118 cm³/mol. The van der Waals surface area contributed by atoms with Crippen LogP contribution in [0.25, 0.3) is 16.5 Å². The van der Waals surface area contributed by atoms with Crippen molar-refractivity contribution >= 4 is 38.1 Å². The molecule has 1 aromatic heterocycles. The molecule has 0 saturated heterocycles. The van der Waals surface area contributed by atoms with E-state index in [0.29, 0.717) is 18.8 Å². The average Bonchev–Trinajstić information content (AvgIpc) is 3.24. The molecule has 0 radical (unpaired) electrons. The van der Waals surface area contributed by atoms with Gasteiger partial charge in [0.15, 0.2) is 0 Å². The van der Waals surface area contributed by atoms with Gasteiger partial charge in [0.05, 0.1) is 11.4 Å². The highest BCUT2D eigenvalue weighted by Gasteiger charge is 2.37. The molecule has 0 unspecified atom stereocenters. The summed E-state index contributed by atoms with van der Waals surface area (Å²) in [4.78, 5) is 5.41. The lowest BCUT2D eigenvalue weighted by atomic mass is 9.99. The number of rotatable bonds is 4. The third kappa shape index (κ3) is 3.07. The lowest BCUT2D eigenvalue weighted by Gasteiger charge is -2.28. The Morgan fingerprint density at radius 3 is 2.67 bits per heavy atom. The third-order valence-corrected chi connectivity index (χ3v) is 7.84. The number of halogens is 1. The number of fused-ring (bicyclic) bond motifs is 2. The first-order valence-corrected chi connectivity index (χ1v) is 11.4. The second-order valence-electron chi connectivity index (χ2n) is 7.71. The fraction of sp³-hybridized carbons (Fsp3) is 0.273. The highest BCUT2D eigenvalue weighted by molar-refractivity contribution is 7.94. The van der Waals surface area contributed by atoms with E-state index < -0.39 is 10.2 Å². The van der Waals surface area contributed by atoms with Gasteiger partial charge in [0, 0.05) is 55.9 Å². The standard InChI is InChI=1S/C22H23FN4O2S/c1-25-21-4-2-3-5-22(21)27(30(25,28)29)13-12-26-10-8-16(9-11-26)19-15-24-20-14-17(23)6-7-18(19)20/h2-8,14-15,24H,9-13H2,1H3. The number of hydrogen-bond donors (Lipinski definition) is 1. The van der Waals surface area contributed by atoms with Crippen molar-refractivity contribution in [3.8, 4) is 0 Å². The van der Waals surface area contributed by atoms with Gasteiger partial charge in [-0.3, -0.25) is 9.21 Å². The monoisotopic (exact) mass is 426 g/mol. The summed E-state index contributed by atoms with van der Waals surface area (Å²) in [7, 11) is -1.92. The van der Waals surface area contributed by atoms with Crippen LogP contribution in [0.15, 0.2) is 54.7 Å². The maximum atomic E-state index is 13.4. The molecule has 30 heavy (non-hydrogen) atoms. The molecule has 1 N–H and O–H groups in total. The van der Waals surface area contributed by atoms with Gasteiger partial charge in [0.2, 0.25) is 0 Å². The van der Waals surface area contributed by atoms with Gasteiger partial charge in [-0.1, -0.05) is 18.2 Å². The zero-order valence-corrected chi connectivity index (χ0v) is 17.5. The zero-order chi connectivity index (χ0) is 20.9.